The minimum absolute atomic E-state index is 0.0615. The Hall–Kier alpha value is -2.77. The lowest BCUT2D eigenvalue weighted by molar-refractivity contribution is -0.176. The van der Waals surface area contributed by atoms with E-state index in [2.05, 4.69) is 16.6 Å². The number of hydrogen-bond donors (Lipinski definition) is 3. The van der Waals surface area contributed by atoms with E-state index in [1.807, 2.05) is 26.1 Å². The average molecular weight is 513 g/mol. The molecule has 8 nitrogen and oxygen atoms in total. The fourth-order valence-electron chi connectivity index (χ4n) is 5.96. The predicted molar refractivity (Wildman–Crippen MR) is 125 cm³/mol. The molecule has 2 aliphatic heterocycles. The molecular weight excluding hydrogens is 477 g/mol. The van der Waals surface area contributed by atoms with Crippen LogP contribution in [-0.4, -0.2) is 65.9 Å². The lowest BCUT2D eigenvalue weighted by Crippen LogP contribution is -2.61. The van der Waals surface area contributed by atoms with Crippen LogP contribution in [0.1, 0.15) is 54.4 Å². The number of carbonyl (C=O) groups is 4. The van der Waals surface area contributed by atoms with Gasteiger partial charge in [-0.25, -0.2) is 0 Å². The second-order valence-electron chi connectivity index (χ2n) is 12.0. The van der Waals surface area contributed by atoms with Gasteiger partial charge in [0.15, 0.2) is 0 Å². The van der Waals surface area contributed by atoms with E-state index in [-0.39, 0.29) is 36.1 Å². The maximum atomic E-state index is 13.6. The SMILES string of the molecule is C#C[C@H](C[C@@H]1CCNC1=O)NC(=O)[C@H]1N(C(=O)[C@@H](NC(=O)C(F)(F)F)C(C)(C)C)C[C@@H]2C(C)(C)[C@]21C. The Labute approximate surface area is 209 Å². The van der Waals surface area contributed by atoms with Crippen molar-refractivity contribution in [3.8, 4) is 12.3 Å². The van der Waals surface area contributed by atoms with Gasteiger partial charge >= 0.3 is 12.1 Å². The smallest absolute Gasteiger partial charge is 0.356 e. The number of nitrogens with zero attached hydrogens (tertiary/aromatic N) is 1. The Morgan fingerprint density at radius 1 is 1.19 bits per heavy atom. The third-order valence-electron chi connectivity index (χ3n) is 8.54. The number of halogens is 3. The zero-order valence-electron chi connectivity index (χ0n) is 21.5. The number of hydrogen-bond acceptors (Lipinski definition) is 4. The van der Waals surface area contributed by atoms with E-state index in [0.717, 1.165) is 0 Å². The van der Waals surface area contributed by atoms with E-state index in [4.69, 9.17) is 6.42 Å². The number of amides is 4. The second-order valence-corrected chi connectivity index (χ2v) is 12.0. The molecule has 11 heteroatoms. The first-order valence-corrected chi connectivity index (χ1v) is 12.1. The third-order valence-corrected chi connectivity index (χ3v) is 8.54. The second kappa shape index (κ2) is 8.96. The summed E-state index contributed by atoms with van der Waals surface area (Å²) in [5, 5.41) is 7.35. The summed E-state index contributed by atoms with van der Waals surface area (Å²) in [6.45, 7) is 11.2. The molecule has 200 valence electrons. The Bertz CT molecular complexity index is 997. The minimum Gasteiger partial charge on any atom is -0.356 e. The molecule has 1 saturated carbocycles. The molecule has 4 amide bonds. The summed E-state index contributed by atoms with van der Waals surface area (Å²) in [5.41, 5.74) is -1.98. The molecule has 0 radical (unpaired) electrons. The summed E-state index contributed by atoms with van der Waals surface area (Å²) in [7, 11) is 0. The van der Waals surface area contributed by atoms with Gasteiger partial charge in [-0.3, -0.25) is 19.2 Å². The van der Waals surface area contributed by atoms with Crippen LogP contribution in [0.4, 0.5) is 13.2 Å². The van der Waals surface area contributed by atoms with Crippen LogP contribution in [0, 0.1) is 40.4 Å². The van der Waals surface area contributed by atoms with Gasteiger partial charge in [-0.05, 0) is 29.6 Å². The van der Waals surface area contributed by atoms with E-state index in [0.29, 0.717) is 13.0 Å². The first kappa shape index (κ1) is 27.8. The van der Waals surface area contributed by atoms with Crippen LogP contribution in [0.2, 0.25) is 0 Å². The molecule has 2 heterocycles. The van der Waals surface area contributed by atoms with Crippen molar-refractivity contribution in [1.29, 1.82) is 0 Å². The molecule has 6 atom stereocenters. The fourth-order valence-corrected chi connectivity index (χ4v) is 5.96. The maximum absolute atomic E-state index is 13.6. The summed E-state index contributed by atoms with van der Waals surface area (Å²) in [6.07, 6.45) is 1.32. The first-order chi connectivity index (χ1) is 16.4. The molecule has 1 aliphatic carbocycles. The summed E-state index contributed by atoms with van der Waals surface area (Å²) >= 11 is 0. The number of likely N-dealkylation sites (tertiary alicyclic amines) is 1. The van der Waals surface area contributed by atoms with E-state index >= 15 is 0 Å². The molecule has 36 heavy (non-hydrogen) atoms. The third kappa shape index (κ3) is 4.66. The molecule has 3 rings (SSSR count). The summed E-state index contributed by atoms with van der Waals surface area (Å²) in [6, 6.07) is -3.25. The predicted octanol–water partition coefficient (Wildman–Crippen LogP) is 1.60. The highest BCUT2D eigenvalue weighted by atomic mass is 19.4. The number of nitrogens with one attached hydrogen (secondary N) is 3. The van der Waals surface area contributed by atoms with E-state index in [9.17, 15) is 32.3 Å². The van der Waals surface area contributed by atoms with E-state index in [1.54, 1.807) is 20.8 Å². The molecular formula is C25H35F3N4O4. The minimum atomic E-state index is -5.16. The molecule has 3 fully saturated rings. The average Bonchev–Trinajstić information content (AvgIpc) is 3.10. The zero-order chi connectivity index (χ0) is 27.4. The van der Waals surface area contributed by atoms with Crippen molar-refractivity contribution in [2.24, 2.45) is 28.1 Å². The van der Waals surface area contributed by atoms with Gasteiger partial charge in [0, 0.05) is 24.4 Å². The molecule has 3 aliphatic rings. The standard InChI is InChI=1S/C25H35F3N4O4/c1-8-14(11-13-9-10-29-18(13)33)30-19(34)17-24(7)15(23(24,5)6)12-32(17)20(35)16(22(2,3)4)31-21(36)25(26,27)28/h1,13-17H,9-12H2,2-7H3,(H,29,33)(H,30,34)(H,31,36)/t13-,14+,15+,16+,17+,24+/m0/s1. The Kier molecular flexibility index (Phi) is 6.92. The Morgan fingerprint density at radius 3 is 2.28 bits per heavy atom. The van der Waals surface area contributed by atoms with Crippen molar-refractivity contribution in [3.63, 3.8) is 0 Å². The Balaban J connectivity index is 1.86. The zero-order valence-corrected chi connectivity index (χ0v) is 21.5. The maximum Gasteiger partial charge on any atom is 0.471 e. The summed E-state index contributed by atoms with van der Waals surface area (Å²) < 4.78 is 39.0. The number of piperidine rings is 1. The van der Waals surface area contributed by atoms with Gasteiger partial charge in [0.1, 0.15) is 12.1 Å². The van der Waals surface area contributed by atoms with Crippen LogP contribution < -0.4 is 16.0 Å². The number of fused-ring (bicyclic) bond motifs is 1. The summed E-state index contributed by atoms with van der Waals surface area (Å²) in [4.78, 5) is 52.2. The van der Waals surface area contributed by atoms with Crippen molar-refractivity contribution in [1.82, 2.24) is 20.9 Å². The van der Waals surface area contributed by atoms with Gasteiger partial charge in [-0.15, -0.1) is 6.42 Å². The van der Waals surface area contributed by atoms with Crippen molar-refractivity contribution >= 4 is 23.6 Å². The molecule has 0 bridgehead atoms. The summed E-state index contributed by atoms with van der Waals surface area (Å²) in [5.74, 6) is -1.51. The van der Waals surface area contributed by atoms with E-state index in [1.165, 1.54) is 4.90 Å². The molecule has 2 saturated heterocycles. The molecule has 0 spiro atoms. The van der Waals surface area contributed by atoms with Crippen molar-refractivity contribution in [2.75, 3.05) is 13.1 Å². The largest absolute Gasteiger partial charge is 0.471 e. The monoisotopic (exact) mass is 512 g/mol. The number of alkyl halides is 3. The van der Waals surface area contributed by atoms with Crippen LogP contribution in [0.25, 0.3) is 0 Å². The number of terminal acetylenes is 1. The van der Waals surface area contributed by atoms with Crippen molar-refractivity contribution in [3.05, 3.63) is 0 Å². The highest BCUT2D eigenvalue weighted by Gasteiger charge is 2.78. The van der Waals surface area contributed by atoms with Gasteiger partial charge in [0.25, 0.3) is 0 Å². The van der Waals surface area contributed by atoms with Crippen LogP contribution >= 0.6 is 0 Å². The van der Waals surface area contributed by atoms with Crippen molar-refractivity contribution in [2.45, 2.75) is 78.7 Å². The number of rotatable bonds is 6. The molecule has 0 aromatic carbocycles. The molecule has 3 N–H and O–H groups in total. The van der Waals surface area contributed by atoms with Gasteiger partial charge in [0.05, 0.1) is 6.04 Å². The number of carbonyl (C=O) groups excluding carboxylic acids is 4. The molecule has 0 unspecified atom stereocenters. The highest BCUT2D eigenvalue weighted by Crippen LogP contribution is 2.74. The highest BCUT2D eigenvalue weighted by molar-refractivity contribution is 5.95. The van der Waals surface area contributed by atoms with Crippen LogP contribution in [-0.2, 0) is 19.2 Å². The quantitative estimate of drug-likeness (QED) is 0.470. The van der Waals surface area contributed by atoms with Crippen molar-refractivity contribution < 1.29 is 32.3 Å². The topological polar surface area (TPSA) is 108 Å². The van der Waals surface area contributed by atoms with Gasteiger partial charge < -0.3 is 20.9 Å². The van der Waals surface area contributed by atoms with Gasteiger partial charge in [-0.1, -0.05) is 47.5 Å². The molecule has 0 aromatic heterocycles. The lowest BCUT2D eigenvalue weighted by Gasteiger charge is -2.39. The lowest BCUT2D eigenvalue weighted by atomic mass is 9.83. The van der Waals surface area contributed by atoms with E-state index < -0.39 is 52.9 Å². The van der Waals surface area contributed by atoms with Gasteiger partial charge in [-0.2, -0.15) is 13.2 Å². The van der Waals surface area contributed by atoms with Crippen LogP contribution in [0.15, 0.2) is 0 Å². The normalized spacial score (nSPS) is 30.5. The van der Waals surface area contributed by atoms with Gasteiger partial charge in [0.2, 0.25) is 17.7 Å². The Morgan fingerprint density at radius 2 is 1.81 bits per heavy atom. The van der Waals surface area contributed by atoms with Crippen LogP contribution in [0.3, 0.4) is 0 Å². The molecule has 0 aromatic rings. The van der Waals surface area contributed by atoms with Crippen LogP contribution in [0.5, 0.6) is 0 Å². The first-order valence-electron chi connectivity index (χ1n) is 12.1. The fraction of sp³-hybridized carbons (Fsp3) is 0.760.